The van der Waals surface area contributed by atoms with Gasteiger partial charge in [-0.25, -0.2) is 0 Å². The standard InChI is InChI=1S/C14H10Cl2N2/c15-11-6-7-13(12(16)8-11)18-14(9-17)10-4-2-1-3-5-10/h1-8,14,18H/t14-/m0/s1. The first-order valence-electron chi connectivity index (χ1n) is 5.37. The molecule has 0 unspecified atom stereocenters. The summed E-state index contributed by atoms with van der Waals surface area (Å²) in [6, 6.07) is 16.4. The van der Waals surface area contributed by atoms with Crippen molar-refractivity contribution in [2.75, 3.05) is 5.32 Å². The van der Waals surface area contributed by atoms with Gasteiger partial charge in [-0.1, -0.05) is 53.5 Å². The van der Waals surface area contributed by atoms with Crippen molar-refractivity contribution in [1.82, 2.24) is 0 Å². The molecule has 0 radical (unpaired) electrons. The molecule has 0 aliphatic rings. The van der Waals surface area contributed by atoms with Crippen molar-refractivity contribution >= 4 is 28.9 Å². The monoisotopic (exact) mass is 276 g/mol. The molecule has 0 amide bonds. The molecule has 0 heterocycles. The lowest BCUT2D eigenvalue weighted by atomic mass is 10.1. The lowest BCUT2D eigenvalue weighted by Gasteiger charge is -2.14. The molecule has 0 aromatic heterocycles. The zero-order valence-electron chi connectivity index (χ0n) is 9.40. The Labute approximate surface area is 116 Å². The number of hydrogen-bond acceptors (Lipinski definition) is 2. The fourth-order valence-corrected chi connectivity index (χ4v) is 2.06. The highest BCUT2D eigenvalue weighted by molar-refractivity contribution is 6.36. The molecular formula is C14H10Cl2N2. The van der Waals surface area contributed by atoms with Crippen LogP contribution in [0.5, 0.6) is 0 Å². The lowest BCUT2D eigenvalue weighted by Crippen LogP contribution is -2.08. The smallest absolute Gasteiger partial charge is 0.140 e. The Balaban J connectivity index is 2.24. The Morgan fingerprint density at radius 2 is 1.78 bits per heavy atom. The van der Waals surface area contributed by atoms with Gasteiger partial charge in [0.1, 0.15) is 6.04 Å². The van der Waals surface area contributed by atoms with Crippen LogP contribution in [0.4, 0.5) is 5.69 Å². The highest BCUT2D eigenvalue weighted by Crippen LogP contribution is 2.28. The van der Waals surface area contributed by atoms with E-state index in [4.69, 9.17) is 23.2 Å². The van der Waals surface area contributed by atoms with E-state index in [9.17, 15) is 5.26 Å². The largest absolute Gasteiger partial charge is 0.365 e. The van der Waals surface area contributed by atoms with Crippen molar-refractivity contribution in [3.8, 4) is 6.07 Å². The molecule has 4 heteroatoms. The van der Waals surface area contributed by atoms with Crippen LogP contribution in [-0.4, -0.2) is 0 Å². The molecule has 0 fully saturated rings. The summed E-state index contributed by atoms with van der Waals surface area (Å²) >= 11 is 11.9. The average Bonchev–Trinajstić information content (AvgIpc) is 2.39. The van der Waals surface area contributed by atoms with Crippen molar-refractivity contribution < 1.29 is 0 Å². The normalized spacial score (nSPS) is 11.6. The van der Waals surface area contributed by atoms with E-state index in [0.717, 1.165) is 5.56 Å². The molecule has 2 rings (SSSR count). The second-order valence-corrected chi connectivity index (χ2v) is 4.58. The number of nitrogens with one attached hydrogen (secondary N) is 1. The second-order valence-electron chi connectivity index (χ2n) is 3.74. The SMILES string of the molecule is N#C[C@H](Nc1ccc(Cl)cc1Cl)c1ccccc1. The zero-order valence-corrected chi connectivity index (χ0v) is 10.9. The number of halogens is 2. The van der Waals surface area contributed by atoms with Crippen molar-refractivity contribution in [1.29, 1.82) is 5.26 Å². The van der Waals surface area contributed by atoms with Gasteiger partial charge in [0.05, 0.1) is 16.8 Å². The van der Waals surface area contributed by atoms with E-state index < -0.39 is 6.04 Å². The molecule has 2 aromatic carbocycles. The van der Waals surface area contributed by atoms with E-state index in [1.165, 1.54) is 0 Å². The predicted molar refractivity (Wildman–Crippen MR) is 74.9 cm³/mol. The van der Waals surface area contributed by atoms with Crippen molar-refractivity contribution in [2.24, 2.45) is 0 Å². The number of nitriles is 1. The molecule has 0 spiro atoms. The maximum absolute atomic E-state index is 9.20. The second kappa shape index (κ2) is 5.77. The van der Waals surface area contributed by atoms with Crippen molar-refractivity contribution in [3.05, 3.63) is 64.1 Å². The molecule has 0 aliphatic heterocycles. The average molecular weight is 277 g/mol. The third kappa shape index (κ3) is 2.95. The number of hydrogen-bond donors (Lipinski definition) is 1. The van der Waals surface area contributed by atoms with E-state index in [1.54, 1.807) is 18.2 Å². The van der Waals surface area contributed by atoms with Gasteiger partial charge in [0, 0.05) is 5.02 Å². The summed E-state index contributed by atoms with van der Waals surface area (Å²) in [5, 5.41) is 13.4. The summed E-state index contributed by atoms with van der Waals surface area (Å²) in [7, 11) is 0. The highest BCUT2D eigenvalue weighted by atomic mass is 35.5. The van der Waals surface area contributed by atoms with E-state index in [0.29, 0.717) is 15.7 Å². The minimum absolute atomic E-state index is 0.440. The molecule has 1 atom stereocenters. The first-order chi connectivity index (χ1) is 8.70. The molecule has 0 bridgehead atoms. The number of benzene rings is 2. The summed E-state index contributed by atoms with van der Waals surface area (Å²) in [4.78, 5) is 0. The molecule has 0 aliphatic carbocycles. The Morgan fingerprint density at radius 3 is 2.39 bits per heavy atom. The minimum Gasteiger partial charge on any atom is -0.365 e. The van der Waals surface area contributed by atoms with E-state index >= 15 is 0 Å². The van der Waals surface area contributed by atoms with Gasteiger partial charge < -0.3 is 5.32 Å². The zero-order chi connectivity index (χ0) is 13.0. The van der Waals surface area contributed by atoms with Crippen LogP contribution < -0.4 is 5.32 Å². The van der Waals surface area contributed by atoms with Crippen LogP contribution in [0.2, 0.25) is 10.0 Å². The maximum Gasteiger partial charge on any atom is 0.140 e. The van der Waals surface area contributed by atoms with Gasteiger partial charge in [-0.05, 0) is 23.8 Å². The third-order valence-corrected chi connectivity index (χ3v) is 3.04. The summed E-state index contributed by atoms with van der Waals surface area (Å²) in [6.07, 6.45) is 0. The fraction of sp³-hybridized carbons (Fsp3) is 0.0714. The third-order valence-electron chi connectivity index (χ3n) is 2.49. The Hall–Kier alpha value is -1.69. The van der Waals surface area contributed by atoms with E-state index in [1.807, 2.05) is 30.3 Å². The summed E-state index contributed by atoms with van der Waals surface area (Å²) in [6.45, 7) is 0. The molecular weight excluding hydrogens is 267 g/mol. The van der Waals surface area contributed by atoms with Crippen LogP contribution >= 0.6 is 23.2 Å². The lowest BCUT2D eigenvalue weighted by molar-refractivity contribution is 0.998. The number of nitrogens with zero attached hydrogens (tertiary/aromatic N) is 1. The quantitative estimate of drug-likeness (QED) is 0.884. The van der Waals surface area contributed by atoms with Gasteiger partial charge in [0.2, 0.25) is 0 Å². The minimum atomic E-state index is -0.440. The first kappa shape index (κ1) is 12.8. The Kier molecular flexibility index (Phi) is 4.09. The van der Waals surface area contributed by atoms with Crippen molar-refractivity contribution in [3.63, 3.8) is 0 Å². The van der Waals surface area contributed by atoms with Crippen LogP contribution in [0, 0.1) is 11.3 Å². The van der Waals surface area contributed by atoms with Gasteiger partial charge in [-0.3, -0.25) is 0 Å². The van der Waals surface area contributed by atoms with Gasteiger partial charge in [-0.2, -0.15) is 5.26 Å². The van der Waals surface area contributed by atoms with Crippen LogP contribution in [0.25, 0.3) is 0 Å². The summed E-state index contributed by atoms with van der Waals surface area (Å²) in [5.41, 5.74) is 1.59. The molecule has 0 saturated heterocycles. The number of anilines is 1. The molecule has 2 nitrogen and oxygen atoms in total. The van der Waals surface area contributed by atoms with Gasteiger partial charge in [0.15, 0.2) is 0 Å². The van der Waals surface area contributed by atoms with Crippen LogP contribution in [0.3, 0.4) is 0 Å². The number of rotatable bonds is 3. The van der Waals surface area contributed by atoms with Crippen molar-refractivity contribution in [2.45, 2.75) is 6.04 Å². The van der Waals surface area contributed by atoms with Gasteiger partial charge >= 0.3 is 0 Å². The fourth-order valence-electron chi connectivity index (χ4n) is 1.60. The van der Waals surface area contributed by atoms with Crippen LogP contribution in [0.15, 0.2) is 48.5 Å². The molecule has 0 saturated carbocycles. The Bertz CT molecular complexity index is 576. The predicted octanol–water partition coefficient (Wildman–Crippen LogP) is 4.67. The summed E-state index contributed by atoms with van der Waals surface area (Å²) < 4.78 is 0. The van der Waals surface area contributed by atoms with E-state index in [2.05, 4.69) is 11.4 Å². The van der Waals surface area contributed by atoms with Gasteiger partial charge in [-0.15, -0.1) is 0 Å². The first-order valence-corrected chi connectivity index (χ1v) is 6.12. The van der Waals surface area contributed by atoms with Crippen LogP contribution in [0.1, 0.15) is 11.6 Å². The molecule has 90 valence electrons. The molecule has 2 aromatic rings. The van der Waals surface area contributed by atoms with Gasteiger partial charge in [0.25, 0.3) is 0 Å². The van der Waals surface area contributed by atoms with Crippen LogP contribution in [-0.2, 0) is 0 Å². The van der Waals surface area contributed by atoms with E-state index in [-0.39, 0.29) is 0 Å². The highest BCUT2D eigenvalue weighted by Gasteiger charge is 2.11. The molecule has 18 heavy (non-hydrogen) atoms. The topological polar surface area (TPSA) is 35.8 Å². The Morgan fingerprint density at radius 1 is 1.06 bits per heavy atom. The maximum atomic E-state index is 9.20. The summed E-state index contributed by atoms with van der Waals surface area (Å²) in [5.74, 6) is 0. The molecule has 1 N–H and O–H groups in total.